The highest BCUT2D eigenvalue weighted by Gasteiger charge is 2.37. The summed E-state index contributed by atoms with van der Waals surface area (Å²) < 4.78 is 15.8. The number of hydrogen-bond donors (Lipinski definition) is 0. The molecule has 0 fully saturated rings. The first kappa shape index (κ1) is 24.0. The van der Waals surface area contributed by atoms with Gasteiger partial charge in [-0.25, -0.2) is 0 Å². The van der Waals surface area contributed by atoms with Gasteiger partial charge in [0.15, 0.2) is 0 Å². The molecule has 0 N–H and O–H groups in total. The standard InChI is InChI=1S/C27H36BN2O2/c1-26(2,3)23(19-13-9-11-15-21(19)31-7)29-17-18-30(25(29)28)24(27(4,5)6)20-14-10-12-16-22(20)32-8/h9-18,23-24H,1-8H3. The van der Waals surface area contributed by atoms with E-state index in [1.54, 1.807) is 14.2 Å². The van der Waals surface area contributed by atoms with Crippen LogP contribution >= 0.6 is 0 Å². The molecule has 3 rings (SSSR count). The number of hydrogen-bond acceptors (Lipinski definition) is 2. The normalized spacial score (nSPS) is 14.2. The maximum Gasteiger partial charge on any atom is 0.130 e. The molecule has 0 aliphatic heterocycles. The van der Waals surface area contributed by atoms with Gasteiger partial charge < -0.3 is 17.3 Å². The van der Waals surface area contributed by atoms with Gasteiger partial charge in [-0.1, -0.05) is 77.9 Å². The highest BCUT2D eigenvalue weighted by Crippen LogP contribution is 2.41. The molecular formula is C27H36BN2O2. The second-order valence-electron chi connectivity index (χ2n) is 10.5. The number of benzene rings is 2. The van der Waals surface area contributed by atoms with Crippen LogP contribution in [-0.2, 0) is 0 Å². The zero-order valence-electron chi connectivity index (χ0n) is 20.7. The summed E-state index contributed by atoms with van der Waals surface area (Å²) >= 11 is 0. The second-order valence-corrected chi connectivity index (χ2v) is 10.5. The Balaban J connectivity index is 2.22. The van der Waals surface area contributed by atoms with E-state index in [2.05, 4.69) is 87.3 Å². The minimum absolute atomic E-state index is 0.00168. The van der Waals surface area contributed by atoms with Gasteiger partial charge in [-0.3, -0.25) is 9.13 Å². The van der Waals surface area contributed by atoms with Gasteiger partial charge in [0.25, 0.3) is 0 Å². The zero-order chi connectivity index (χ0) is 23.7. The zero-order valence-corrected chi connectivity index (χ0v) is 20.7. The van der Waals surface area contributed by atoms with Crippen molar-refractivity contribution >= 4 is 13.6 Å². The molecule has 169 valence electrons. The maximum absolute atomic E-state index is 6.90. The first-order chi connectivity index (χ1) is 15.0. The maximum atomic E-state index is 6.90. The number of imidazole rings is 1. The van der Waals surface area contributed by atoms with Crippen molar-refractivity contribution in [2.75, 3.05) is 14.2 Å². The summed E-state index contributed by atoms with van der Waals surface area (Å²) in [6, 6.07) is 16.4. The SMILES string of the molecule is [B-]c1n(C(c2ccccc2OC)C(C)(C)C)cc[n+]1C(c1ccccc1OC)C(C)(C)C. The number of para-hydroxylation sites is 2. The molecule has 4 nitrogen and oxygen atoms in total. The van der Waals surface area contributed by atoms with Gasteiger partial charge in [-0.05, 0) is 17.9 Å². The van der Waals surface area contributed by atoms with Crippen molar-refractivity contribution < 1.29 is 14.0 Å². The fourth-order valence-corrected chi connectivity index (χ4v) is 4.72. The fraction of sp³-hybridized carbons (Fsp3) is 0.444. The van der Waals surface area contributed by atoms with Crippen molar-refractivity contribution in [1.29, 1.82) is 0 Å². The molecular weight excluding hydrogens is 395 g/mol. The molecule has 1 heterocycles. The first-order valence-electron chi connectivity index (χ1n) is 11.1. The molecule has 5 heteroatoms. The van der Waals surface area contributed by atoms with E-state index in [1.807, 2.05) is 24.3 Å². The van der Waals surface area contributed by atoms with Crippen LogP contribution in [0.3, 0.4) is 0 Å². The van der Waals surface area contributed by atoms with Crippen molar-refractivity contribution in [1.82, 2.24) is 4.57 Å². The van der Waals surface area contributed by atoms with Gasteiger partial charge in [0, 0.05) is 22.0 Å². The molecule has 3 aromatic rings. The van der Waals surface area contributed by atoms with Crippen LogP contribution in [0.15, 0.2) is 60.9 Å². The van der Waals surface area contributed by atoms with E-state index in [4.69, 9.17) is 17.3 Å². The molecule has 0 bridgehead atoms. The molecule has 2 unspecified atom stereocenters. The number of nitrogens with zero attached hydrogens (tertiary/aromatic N) is 2. The molecule has 2 atom stereocenters. The van der Waals surface area contributed by atoms with E-state index < -0.39 is 0 Å². The van der Waals surface area contributed by atoms with E-state index in [-0.39, 0.29) is 22.9 Å². The van der Waals surface area contributed by atoms with Gasteiger partial charge in [-0.2, -0.15) is 0 Å². The summed E-state index contributed by atoms with van der Waals surface area (Å²) in [6.07, 6.45) is 4.18. The lowest BCUT2D eigenvalue weighted by Gasteiger charge is -2.35. The van der Waals surface area contributed by atoms with Crippen LogP contribution in [0, 0.1) is 10.8 Å². The molecule has 0 amide bonds. The average Bonchev–Trinajstić information content (AvgIpc) is 3.07. The first-order valence-corrected chi connectivity index (χ1v) is 11.1. The quantitative estimate of drug-likeness (QED) is 0.412. The lowest BCUT2D eigenvalue weighted by atomic mass is 9.80. The summed E-state index contributed by atoms with van der Waals surface area (Å²) in [6.45, 7) is 13.4. The van der Waals surface area contributed by atoms with Crippen LogP contribution in [-0.4, -0.2) is 26.6 Å². The summed E-state index contributed by atoms with van der Waals surface area (Å²) in [5.74, 6) is 1.73. The molecule has 0 spiro atoms. The predicted octanol–water partition coefficient (Wildman–Crippen LogP) is 4.86. The predicted molar refractivity (Wildman–Crippen MR) is 131 cm³/mol. The van der Waals surface area contributed by atoms with E-state index >= 15 is 0 Å². The Morgan fingerprint density at radius 3 is 1.78 bits per heavy atom. The Labute approximate surface area is 194 Å². The fourth-order valence-electron chi connectivity index (χ4n) is 4.72. The van der Waals surface area contributed by atoms with Crippen LogP contribution in [0.1, 0.15) is 64.8 Å². The number of ether oxygens (including phenoxy) is 2. The Morgan fingerprint density at radius 2 is 1.28 bits per heavy atom. The monoisotopic (exact) mass is 431 g/mol. The third-order valence-corrected chi connectivity index (χ3v) is 5.98. The van der Waals surface area contributed by atoms with Gasteiger partial charge >= 0.3 is 0 Å². The van der Waals surface area contributed by atoms with E-state index in [9.17, 15) is 0 Å². The molecule has 3 radical (unpaired) electrons. The number of aromatic nitrogens is 2. The Morgan fingerprint density at radius 1 is 0.781 bits per heavy atom. The van der Waals surface area contributed by atoms with Gasteiger partial charge in [0.1, 0.15) is 36.0 Å². The molecule has 2 aromatic carbocycles. The van der Waals surface area contributed by atoms with Crippen LogP contribution in [0.5, 0.6) is 11.5 Å². The minimum Gasteiger partial charge on any atom is -0.496 e. The molecule has 32 heavy (non-hydrogen) atoms. The smallest absolute Gasteiger partial charge is 0.130 e. The van der Waals surface area contributed by atoms with Crippen LogP contribution in [0.4, 0.5) is 0 Å². The topological polar surface area (TPSA) is 27.3 Å². The second kappa shape index (κ2) is 9.05. The van der Waals surface area contributed by atoms with Gasteiger partial charge in [0.05, 0.1) is 14.2 Å². The minimum atomic E-state index is -0.0960. The molecule has 0 aliphatic carbocycles. The van der Waals surface area contributed by atoms with E-state index in [0.29, 0.717) is 5.72 Å². The van der Waals surface area contributed by atoms with Crippen molar-refractivity contribution in [2.24, 2.45) is 10.8 Å². The molecule has 0 saturated heterocycles. The Hall–Kier alpha value is -2.69. The number of methoxy groups -OCH3 is 2. The third kappa shape index (κ3) is 4.57. The van der Waals surface area contributed by atoms with Crippen LogP contribution < -0.4 is 19.8 Å². The Bertz CT molecular complexity index is 977. The summed E-state index contributed by atoms with van der Waals surface area (Å²) in [4.78, 5) is 0. The van der Waals surface area contributed by atoms with Crippen molar-refractivity contribution in [3.8, 4) is 11.5 Å². The van der Waals surface area contributed by atoms with Crippen molar-refractivity contribution in [3.05, 3.63) is 72.1 Å². The third-order valence-electron chi connectivity index (χ3n) is 5.98. The highest BCUT2D eigenvalue weighted by molar-refractivity contribution is 6.28. The van der Waals surface area contributed by atoms with Crippen molar-refractivity contribution in [2.45, 2.75) is 53.6 Å². The van der Waals surface area contributed by atoms with E-state index in [1.165, 1.54) is 0 Å². The molecule has 0 saturated carbocycles. The van der Waals surface area contributed by atoms with Crippen LogP contribution in [0.25, 0.3) is 0 Å². The van der Waals surface area contributed by atoms with E-state index in [0.717, 1.165) is 22.6 Å². The molecule has 1 aromatic heterocycles. The lowest BCUT2D eigenvalue weighted by Crippen LogP contribution is -2.58. The summed E-state index contributed by atoms with van der Waals surface area (Å²) in [7, 11) is 10.3. The summed E-state index contributed by atoms with van der Waals surface area (Å²) in [5, 5.41) is 0. The Kier molecular flexibility index (Phi) is 6.78. The summed E-state index contributed by atoms with van der Waals surface area (Å²) in [5.41, 5.74) is 2.73. The largest absolute Gasteiger partial charge is 0.496 e. The van der Waals surface area contributed by atoms with Gasteiger partial charge in [-0.15, -0.1) is 0 Å². The average molecular weight is 431 g/mol. The molecule has 0 aliphatic rings. The highest BCUT2D eigenvalue weighted by atomic mass is 16.5. The van der Waals surface area contributed by atoms with Crippen LogP contribution in [0.2, 0.25) is 0 Å². The lowest BCUT2D eigenvalue weighted by molar-refractivity contribution is -0.709. The number of rotatable bonds is 6. The van der Waals surface area contributed by atoms with Crippen molar-refractivity contribution in [3.63, 3.8) is 0 Å². The van der Waals surface area contributed by atoms with Gasteiger partial charge in [0.2, 0.25) is 0 Å².